The van der Waals surface area contributed by atoms with Crippen molar-refractivity contribution in [1.82, 2.24) is 4.31 Å². The lowest BCUT2D eigenvalue weighted by atomic mass is 10.1. The van der Waals surface area contributed by atoms with Crippen LogP contribution in [-0.2, 0) is 19.6 Å². The fourth-order valence-corrected chi connectivity index (χ4v) is 3.69. The first-order valence-corrected chi connectivity index (χ1v) is 8.51. The number of fused-ring (bicyclic) bond motifs is 1. The van der Waals surface area contributed by atoms with E-state index in [1.54, 1.807) is 13.8 Å². The second-order valence-corrected chi connectivity index (χ2v) is 6.93. The van der Waals surface area contributed by atoms with E-state index in [9.17, 15) is 18.0 Å². The number of benzene rings is 1. The van der Waals surface area contributed by atoms with Crippen molar-refractivity contribution in [2.75, 3.05) is 23.7 Å². The smallest absolute Gasteiger partial charge is 0.243 e. The maximum atomic E-state index is 12.5. The average Bonchev–Trinajstić information content (AvgIpc) is 2.58. The Morgan fingerprint density at radius 2 is 1.59 bits per heavy atom. The molecule has 0 radical (unpaired) electrons. The van der Waals surface area contributed by atoms with Crippen LogP contribution >= 0.6 is 0 Å². The highest BCUT2D eigenvalue weighted by Crippen LogP contribution is 2.29. The molecule has 2 rings (SSSR count). The van der Waals surface area contributed by atoms with Crippen LogP contribution in [0.25, 0.3) is 0 Å². The molecule has 1 aliphatic rings. The number of anilines is 2. The van der Waals surface area contributed by atoms with Crippen molar-refractivity contribution >= 4 is 33.2 Å². The summed E-state index contributed by atoms with van der Waals surface area (Å²) in [7, 11) is -3.62. The molecule has 1 atom stereocenters. The van der Waals surface area contributed by atoms with Gasteiger partial charge in [-0.15, -0.1) is 0 Å². The molecular weight excluding hydrogens is 306 g/mol. The minimum Gasteiger partial charge on any atom is -0.324 e. The number of carbonyl (C=O) groups excluding carboxylic acids is 2. The van der Waals surface area contributed by atoms with E-state index < -0.39 is 27.8 Å². The summed E-state index contributed by atoms with van der Waals surface area (Å²) in [5.41, 5.74) is 0.678. The molecule has 0 aromatic heterocycles. The number of nitrogens with zero attached hydrogens (tertiary/aromatic N) is 1. The highest BCUT2D eigenvalue weighted by Gasteiger charge is 2.28. The van der Waals surface area contributed by atoms with Crippen molar-refractivity contribution in [3.63, 3.8) is 0 Å². The van der Waals surface area contributed by atoms with Crippen LogP contribution in [0.4, 0.5) is 11.4 Å². The average molecular weight is 325 g/mol. The predicted molar refractivity (Wildman–Crippen MR) is 83.0 cm³/mol. The molecule has 1 heterocycles. The summed E-state index contributed by atoms with van der Waals surface area (Å²) in [6.45, 7) is 5.72. The highest BCUT2D eigenvalue weighted by molar-refractivity contribution is 7.89. The van der Waals surface area contributed by atoms with Gasteiger partial charge in [0.1, 0.15) is 5.92 Å². The summed E-state index contributed by atoms with van der Waals surface area (Å²) in [6, 6.07) is 4.29. The summed E-state index contributed by atoms with van der Waals surface area (Å²) in [4.78, 5) is 23.7. The first-order chi connectivity index (χ1) is 10.3. The van der Waals surface area contributed by atoms with E-state index in [1.165, 1.54) is 29.4 Å². The van der Waals surface area contributed by atoms with Crippen LogP contribution in [0, 0.1) is 5.92 Å². The Bertz CT molecular complexity index is 711. The van der Waals surface area contributed by atoms with Crippen molar-refractivity contribution in [2.45, 2.75) is 25.7 Å². The maximum Gasteiger partial charge on any atom is 0.243 e. The number of amides is 2. The zero-order valence-electron chi connectivity index (χ0n) is 12.7. The molecular formula is C14H19N3O4S. The molecule has 22 heavy (non-hydrogen) atoms. The highest BCUT2D eigenvalue weighted by atomic mass is 32.2. The minimum absolute atomic E-state index is 0.0825. The molecule has 8 heteroatoms. The number of hydrogen-bond acceptors (Lipinski definition) is 4. The number of sulfonamides is 1. The fourth-order valence-electron chi connectivity index (χ4n) is 2.21. The van der Waals surface area contributed by atoms with Crippen molar-refractivity contribution in [2.24, 2.45) is 5.92 Å². The first-order valence-electron chi connectivity index (χ1n) is 7.07. The van der Waals surface area contributed by atoms with Crippen LogP contribution in [0.3, 0.4) is 0 Å². The molecule has 2 amide bonds. The molecule has 0 saturated carbocycles. The molecule has 0 aliphatic carbocycles. The lowest BCUT2D eigenvalue weighted by molar-refractivity contribution is -0.128. The van der Waals surface area contributed by atoms with Gasteiger partial charge in [-0.25, -0.2) is 8.42 Å². The third-order valence-electron chi connectivity index (χ3n) is 3.64. The van der Waals surface area contributed by atoms with Crippen molar-refractivity contribution in [1.29, 1.82) is 0 Å². The maximum absolute atomic E-state index is 12.5. The molecule has 1 aromatic carbocycles. The Morgan fingerprint density at radius 3 is 2.14 bits per heavy atom. The summed E-state index contributed by atoms with van der Waals surface area (Å²) in [5, 5.41) is 5.19. The zero-order chi connectivity index (χ0) is 16.5. The van der Waals surface area contributed by atoms with Crippen LogP contribution < -0.4 is 10.6 Å². The molecule has 0 bridgehead atoms. The van der Waals surface area contributed by atoms with Gasteiger partial charge in [-0.1, -0.05) is 13.8 Å². The molecule has 7 nitrogen and oxygen atoms in total. The van der Waals surface area contributed by atoms with Crippen molar-refractivity contribution in [3.05, 3.63) is 18.2 Å². The van der Waals surface area contributed by atoms with Gasteiger partial charge in [-0.05, 0) is 25.1 Å². The fraction of sp³-hybridized carbons (Fsp3) is 0.429. The number of nitrogens with one attached hydrogen (secondary N) is 2. The van der Waals surface area contributed by atoms with Gasteiger partial charge in [0.25, 0.3) is 0 Å². The summed E-state index contributed by atoms with van der Waals surface area (Å²) < 4.78 is 26.3. The van der Waals surface area contributed by atoms with Crippen LogP contribution in [0.15, 0.2) is 23.1 Å². The van der Waals surface area contributed by atoms with E-state index >= 15 is 0 Å². The molecule has 1 unspecified atom stereocenters. The Kier molecular flexibility index (Phi) is 4.52. The molecule has 0 saturated heterocycles. The van der Waals surface area contributed by atoms with Gasteiger partial charge in [-0.3, -0.25) is 9.59 Å². The third-order valence-corrected chi connectivity index (χ3v) is 5.68. The summed E-state index contributed by atoms with van der Waals surface area (Å²) in [6.07, 6.45) is 0. The van der Waals surface area contributed by atoms with E-state index in [0.717, 1.165) is 0 Å². The van der Waals surface area contributed by atoms with Crippen LogP contribution in [0.5, 0.6) is 0 Å². The Hall–Kier alpha value is -1.93. The van der Waals surface area contributed by atoms with Gasteiger partial charge in [0, 0.05) is 13.1 Å². The van der Waals surface area contributed by atoms with Gasteiger partial charge in [0.05, 0.1) is 16.3 Å². The topological polar surface area (TPSA) is 95.6 Å². The monoisotopic (exact) mass is 325 g/mol. The number of rotatable bonds is 4. The normalized spacial score (nSPS) is 18.5. The SMILES string of the molecule is CCN(CC)S(=O)(=O)c1ccc2c(c1)NC(=O)C(C)C(=O)N2. The van der Waals surface area contributed by atoms with Crippen LogP contribution in [-0.4, -0.2) is 37.6 Å². The second-order valence-electron chi connectivity index (χ2n) is 5.00. The molecule has 120 valence electrons. The zero-order valence-corrected chi connectivity index (χ0v) is 13.5. The van der Waals surface area contributed by atoms with Gasteiger partial charge >= 0.3 is 0 Å². The quantitative estimate of drug-likeness (QED) is 0.814. The van der Waals surface area contributed by atoms with Gasteiger partial charge in [0.2, 0.25) is 21.8 Å². The Labute approximate surface area is 129 Å². The Morgan fingerprint density at radius 1 is 1.05 bits per heavy atom. The number of carbonyl (C=O) groups is 2. The lowest BCUT2D eigenvalue weighted by Gasteiger charge is -2.19. The largest absolute Gasteiger partial charge is 0.324 e. The molecule has 0 fully saturated rings. The summed E-state index contributed by atoms with van der Waals surface area (Å²) >= 11 is 0. The van der Waals surface area contributed by atoms with Gasteiger partial charge in [0.15, 0.2) is 0 Å². The van der Waals surface area contributed by atoms with E-state index in [1.807, 2.05) is 0 Å². The number of hydrogen-bond donors (Lipinski definition) is 2. The molecule has 1 aromatic rings. The first kappa shape index (κ1) is 16.4. The summed E-state index contributed by atoms with van der Waals surface area (Å²) in [5.74, 6) is -1.72. The van der Waals surface area contributed by atoms with E-state index in [4.69, 9.17) is 0 Å². The van der Waals surface area contributed by atoms with Crippen LogP contribution in [0.2, 0.25) is 0 Å². The molecule has 2 N–H and O–H groups in total. The van der Waals surface area contributed by atoms with Gasteiger partial charge in [-0.2, -0.15) is 4.31 Å². The van der Waals surface area contributed by atoms with E-state index in [2.05, 4.69) is 10.6 Å². The molecule has 1 aliphatic heterocycles. The van der Waals surface area contributed by atoms with Crippen molar-refractivity contribution in [3.8, 4) is 0 Å². The second kappa shape index (κ2) is 6.05. The van der Waals surface area contributed by atoms with Crippen LogP contribution in [0.1, 0.15) is 20.8 Å². The predicted octanol–water partition coefficient (Wildman–Crippen LogP) is 1.24. The van der Waals surface area contributed by atoms with E-state index in [-0.39, 0.29) is 10.6 Å². The lowest BCUT2D eigenvalue weighted by Crippen LogP contribution is -2.30. The minimum atomic E-state index is -3.62. The Balaban J connectivity index is 2.47. The third kappa shape index (κ3) is 2.84. The van der Waals surface area contributed by atoms with Crippen molar-refractivity contribution < 1.29 is 18.0 Å². The van der Waals surface area contributed by atoms with E-state index in [0.29, 0.717) is 18.8 Å². The molecule has 0 spiro atoms. The standard InChI is InChI=1S/C14H19N3O4S/c1-4-17(5-2)22(20,21)10-6-7-11-12(8-10)16-14(19)9(3)13(18)15-11/h6-9H,4-5H2,1-3H3,(H,15,18)(H,16,19). The van der Waals surface area contributed by atoms with Gasteiger partial charge < -0.3 is 10.6 Å².